The van der Waals surface area contributed by atoms with Gasteiger partial charge in [0.15, 0.2) is 5.16 Å². The first-order chi connectivity index (χ1) is 14.6. The van der Waals surface area contributed by atoms with Gasteiger partial charge in [0.2, 0.25) is 5.91 Å². The third-order valence-electron chi connectivity index (χ3n) is 4.78. The van der Waals surface area contributed by atoms with Crippen molar-refractivity contribution in [2.24, 2.45) is 0 Å². The van der Waals surface area contributed by atoms with Gasteiger partial charge in [0.05, 0.1) is 5.75 Å². The van der Waals surface area contributed by atoms with Gasteiger partial charge in [-0.05, 0) is 36.1 Å². The summed E-state index contributed by atoms with van der Waals surface area (Å²) in [7, 11) is 0. The number of hydrogen-bond donors (Lipinski definition) is 1. The van der Waals surface area contributed by atoms with Crippen molar-refractivity contribution in [3.05, 3.63) is 83.1 Å². The second-order valence-electron chi connectivity index (χ2n) is 6.81. The Bertz CT molecular complexity index is 1170. The topological polar surface area (TPSA) is 59.8 Å². The molecule has 0 atom stereocenters. The third kappa shape index (κ3) is 4.66. The van der Waals surface area contributed by atoms with E-state index in [0.717, 1.165) is 39.5 Å². The Kier molecular flexibility index (Phi) is 6.35. The maximum atomic E-state index is 12.6. The quantitative estimate of drug-likeness (QED) is 0.392. The number of halogens is 1. The summed E-state index contributed by atoms with van der Waals surface area (Å²) in [6.45, 7) is 2.79. The van der Waals surface area contributed by atoms with E-state index in [4.69, 9.17) is 11.6 Å². The lowest BCUT2D eigenvalue weighted by Gasteiger charge is -2.09. The SMILES string of the molecule is CCn1c(Cc2ccc(Cl)cc2)nnc1SCC(=O)Nc1cccc2ccccc12. The molecule has 0 bridgehead atoms. The summed E-state index contributed by atoms with van der Waals surface area (Å²) in [6, 6.07) is 21.6. The third-order valence-corrected chi connectivity index (χ3v) is 6.00. The molecular weight excluding hydrogens is 416 g/mol. The normalized spacial score (nSPS) is 11.0. The second kappa shape index (κ2) is 9.32. The molecule has 0 aliphatic heterocycles. The number of thioether (sulfide) groups is 1. The first-order valence-electron chi connectivity index (χ1n) is 9.71. The van der Waals surface area contributed by atoms with E-state index < -0.39 is 0 Å². The number of rotatable bonds is 7. The van der Waals surface area contributed by atoms with E-state index in [9.17, 15) is 4.79 Å². The van der Waals surface area contributed by atoms with Crippen molar-refractivity contribution in [1.82, 2.24) is 14.8 Å². The van der Waals surface area contributed by atoms with Gasteiger partial charge in [-0.2, -0.15) is 0 Å². The fourth-order valence-corrected chi connectivity index (χ4v) is 4.26. The molecule has 4 aromatic rings. The highest BCUT2D eigenvalue weighted by Crippen LogP contribution is 2.24. The molecule has 7 heteroatoms. The molecule has 0 spiro atoms. The van der Waals surface area contributed by atoms with Gasteiger partial charge in [0.25, 0.3) is 0 Å². The van der Waals surface area contributed by atoms with Crippen LogP contribution in [0.4, 0.5) is 5.69 Å². The molecule has 5 nitrogen and oxygen atoms in total. The van der Waals surface area contributed by atoms with Crippen molar-refractivity contribution in [2.45, 2.75) is 25.0 Å². The van der Waals surface area contributed by atoms with Crippen LogP contribution in [-0.2, 0) is 17.8 Å². The lowest BCUT2D eigenvalue weighted by Crippen LogP contribution is -2.15. The molecule has 0 saturated carbocycles. The summed E-state index contributed by atoms with van der Waals surface area (Å²) < 4.78 is 2.05. The van der Waals surface area contributed by atoms with Crippen LogP contribution >= 0.6 is 23.4 Å². The molecule has 1 N–H and O–H groups in total. The van der Waals surface area contributed by atoms with Crippen LogP contribution in [-0.4, -0.2) is 26.4 Å². The largest absolute Gasteiger partial charge is 0.325 e. The minimum atomic E-state index is -0.0683. The Hall–Kier alpha value is -2.83. The van der Waals surface area contributed by atoms with Crippen molar-refractivity contribution >= 4 is 45.7 Å². The van der Waals surface area contributed by atoms with Crippen LogP contribution in [0.1, 0.15) is 18.3 Å². The van der Waals surface area contributed by atoms with Crippen molar-refractivity contribution < 1.29 is 4.79 Å². The molecule has 0 aliphatic rings. The van der Waals surface area contributed by atoms with Crippen LogP contribution in [0.5, 0.6) is 0 Å². The number of aromatic nitrogens is 3. The van der Waals surface area contributed by atoms with E-state index in [2.05, 4.69) is 22.4 Å². The van der Waals surface area contributed by atoms with Crippen LogP contribution in [0.3, 0.4) is 0 Å². The maximum Gasteiger partial charge on any atom is 0.234 e. The first-order valence-corrected chi connectivity index (χ1v) is 11.1. The van der Waals surface area contributed by atoms with Gasteiger partial charge >= 0.3 is 0 Å². The predicted octanol–water partition coefficient (Wildman–Crippen LogP) is 5.43. The average Bonchev–Trinajstić information content (AvgIpc) is 3.15. The summed E-state index contributed by atoms with van der Waals surface area (Å²) in [5.41, 5.74) is 1.94. The van der Waals surface area contributed by atoms with Crippen LogP contribution in [0.25, 0.3) is 10.8 Å². The number of fused-ring (bicyclic) bond motifs is 1. The molecule has 0 radical (unpaired) electrons. The molecule has 4 rings (SSSR count). The van der Waals surface area contributed by atoms with Crippen LogP contribution in [0.2, 0.25) is 5.02 Å². The molecule has 152 valence electrons. The number of amides is 1. The molecule has 3 aromatic carbocycles. The smallest absolute Gasteiger partial charge is 0.234 e. The second-order valence-corrected chi connectivity index (χ2v) is 8.19. The minimum Gasteiger partial charge on any atom is -0.325 e. The zero-order valence-electron chi connectivity index (χ0n) is 16.5. The van der Waals surface area contributed by atoms with E-state index in [-0.39, 0.29) is 11.7 Å². The Balaban J connectivity index is 1.42. The zero-order valence-corrected chi connectivity index (χ0v) is 18.1. The van der Waals surface area contributed by atoms with Crippen molar-refractivity contribution in [1.29, 1.82) is 0 Å². The number of nitrogens with zero attached hydrogens (tertiary/aromatic N) is 3. The van der Waals surface area contributed by atoms with Gasteiger partial charge in [0, 0.05) is 29.1 Å². The summed E-state index contributed by atoms with van der Waals surface area (Å²) in [4.78, 5) is 12.6. The highest BCUT2D eigenvalue weighted by atomic mass is 35.5. The highest BCUT2D eigenvalue weighted by Gasteiger charge is 2.14. The monoisotopic (exact) mass is 436 g/mol. The van der Waals surface area contributed by atoms with Gasteiger partial charge in [-0.15, -0.1) is 10.2 Å². The lowest BCUT2D eigenvalue weighted by molar-refractivity contribution is -0.113. The van der Waals surface area contributed by atoms with Crippen molar-refractivity contribution in [3.63, 3.8) is 0 Å². The average molecular weight is 437 g/mol. The lowest BCUT2D eigenvalue weighted by atomic mass is 10.1. The standard InChI is InChI=1S/C23H21ClN4OS/c1-2-28-21(14-16-10-12-18(24)13-11-16)26-27-23(28)30-15-22(29)25-20-9-5-7-17-6-3-4-8-19(17)20/h3-13H,2,14-15H2,1H3,(H,25,29). The maximum absolute atomic E-state index is 12.6. The fraction of sp³-hybridized carbons (Fsp3) is 0.174. The van der Waals surface area contributed by atoms with E-state index >= 15 is 0 Å². The van der Waals surface area contributed by atoms with Gasteiger partial charge in [-0.3, -0.25) is 4.79 Å². The first kappa shape index (κ1) is 20.4. The number of carbonyl (C=O) groups excluding carboxylic acids is 1. The van der Waals surface area contributed by atoms with Crippen molar-refractivity contribution in [3.8, 4) is 0 Å². The number of carbonyl (C=O) groups is 1. The summed E-state index contributed by atoms with van der Waals surface area (Å²) in [6.07, 6.45) is 0.667. The molecule has 1 amide bonds. The van der Waals surface area contributed by atoms with Crippen LogP contribution in [0, 0.1) is 0 Å². The number of anilines is 1. The fourth-order valence-electron chi connectivity index (χ4n) is 3.31. The van der Waals surface area contributed by atoms with E-state index in [1.54, 1.807) is 0 Å². The Labute approximate surface area is 184 Å². The molecule has 30 heavy (non-hydrogen) atoms. The van der Waals surface area contributed by atoms with Gasteiger partial charge in [-0.1, -0.05) is 71.9 Å². The zero-order chi connectivity index (χ0) is 20.9. The molecule has 1 heterocycles. The molecule has 0 aliphatic carbocycles. The van der Waals surface area contributed by atoms with E-state index in [1.165, 1.54) is 11.8 Å². The summed E-state index contributed by atoms with van der Waals surface area (Å²) in [5.74, 6) is 1.07. The van der Waals surface area contributed by atoms with Crippen molar-refractivity contribution in [2.75, 3.05) is 11.1 Å². The van der Waals surface area contributed by atoms with Gasteiger partial charge < -0.3 is 9.88 Å². The van der Waals surface area contributed by atoms with E-state index in [1.807, 2.05) is 71.3 Å². The number of nitrogens with one attached hydrogen (secondary N) is 1. The molecule has 0 saturated heterocycles. The van der Waals surface area contributed by atoms with Gasteiger partial charge in [-0.25, -0.2) is 0 Å². The van der Waals surface area contributed by atoms with E-state index in [0.29, 0.717) is 11.4 Å². The Morgan fingerprint density at radius 3 is 2.60 bits per heavy atom. The minimum absolute atomic E-state index is 0.0683. The molecule has 1 aromatic heterocycles. The predicted molar refractivity (Wildman–Crippen MR) is 123 cm³/mol. The molecule has 0 fully saturated rings. The van der Waals surface area contributed by atoms with Gasteiger partial charge in [0.1, 0.15) is 5.82 Å². The summed E-state index contributed by atoms with van der Waals surface area (Å²) in [5, 5.41) is 15.2. The molecular formula is C23H21ClN4OS. The molecule has 0 unspecified atom stereocenters. The number of benzene rings is 3. The number of hydrogen-bond acceptors (Lipinski definition) is 4. The Morgan fingerprint density at radius 2 is 1.80 bits per heavy atom. The Morgan fingerprint density at radius 1 is 1.03 bits per heavy atom. The van der Waals surface area contributed by atoms with Crippen LogP contribution in [0.15, 0.2) is 71.9 Å². The highest BCUT2D eigenvalue weighted by molar-refractivity contribution is 7.99. The summed E-state index contributed by atoms with van der Waals surface area (Å²) >= 11 is 7.36. The van der Waals surface area contributed by atoms with Crippen LogP contribution < -0.4 is 5.32 Å².